The van der Waals surface area contributed by atoms with Crippen LogP contribution in [0.4, 0.5) is 29.3 Å². The molecule has 27 heavy (non-hydrogen) atoms. The smallest absolute Gasteiger partial charge is 0.352 e. The molecule has 0 atom stereocenters. The number of halogens is 4. The lowest BCUT2D eigenvalue weighted by atomic mass is 10.2. The maximum atomic E-state index is 13.9. The van der Waals surface area contributed by atoms with E-state index in [1.54, 1.807) is 4.90 Å². The summed E-state index contributed by atoms with van der Waals surface area (Å²) in [7, 11) is 0. The molecule has 0 spiro atoms. The van der Waals surface area contributed by atoms with Crippen LogP contribution in [0.1, 0.15) is 30.1 Å². The number of H-pyrrole nitrogens is 1. The van der Waals surface area contributed by atoms with Crippen molar-refractivity contribution in [1.82, 2.24) is 20.2 Å². The van der Waals surface area contributed by atoms with Gasteiger partial charge in [0.1, 0.15) is 0 Å². The zero-order valence-corrected chi connectivity index (χ0v) is 14.1. The average molecular weight is 384 g/mol. The number of alkyl halides is 3. The van der Waals surface area contributed by atoms with Crippen LogP contribution >= 0.6 is 0 Å². The lowest BCUT2D eigenvalue weighted by Crippen LogP contribution is -2.48. The van der Waals surface area contributed by atoms with Gasteiger partial charge in [0, 0.05) is 32.1 Å². The number of piperazine rings is 1. The molecule has 2 aromatic rings. The third-order valence-electron chi connectivity index (χ3n) is 4.68. The summed E-state index contributed by atoms with van der Waals surface area (Å²) < 4.78 is 51.6. The molecule has 2 aliphatic rings. The zero-order chi connectivity index (χ0) is 19.2. The number of nitrogens with zero attached hydrogens (tertiary/aromatic N) is 5. The van der Waals surface area contributed by atoms with Gasteiger partial charge in [0.05, 0.1) is 5.69 Å². The minimum absolute atomic E-state index is 0.00904. The second-order valence-electron chi connectivity index (χ2n) is 6.61. The summed E-state index contributed by atoms with van der Waals surface area (Å²) in [4.78, 5) is 22.2. The topological polar surface area (TPSA) is 78.0 Å². The van der Waals surface area contributed by atoms with Crippen LogP contribution in [0.25, 0.3) is 0 Å². The van der Waals surface area contributed by atoms with Gasteiger partial charge in [0.15, 0.2) is 11.5 Å². The van der Waals surface area contributed by atoms with E-state index in [2.05, 4.69) is 20.2 Å². The first kappa shape index (κ1) is 17.7. The standard InChI is InChI=1S/C16H16F4N6O/c17-12-13(9-1-2-9)21-15(22-14(12)27)26-7-5-25(6-8-26)11-4-3-10(23-24-11)16(18,19)20/h3-4,9H,1-2,5-8H2,(H,21,22,27). The Hall–Kier alpha value is -2.72. The van der Waals surface area contributed by atoms with Crippen LogP contribution in [-0.4, -0.2) is 46.3 Å². The van der Waals surface area contributed by atoms with Crippen LogP contribution in [0, 0.1) is 5.82 Å². The summed E-state index contributed by atoms with van der Waals surface area (Å²) in [5.74, 6) is -0.141. The molecule has 1 saturated heterocycles. The molecule has 0 amide bonds. The Balaban J connectivity index is 1.46. The summed E-state index contributed by atoms with van der Waals surface area (Å²) in [5.41, 5.74) is -1.60. The largest absolute Gasteiger partial charge is 0.435 e. The Bertz CT molecular complexity index is 885. The summed E-state index contributed by atoms with van der Waals surface area (Å²) >= 11 is 0. The highest BCUT2D eigenvalue weighted by molar-refractivity contribution is 5.42. The molecular weight excluding hydrogens is 368 g/mol. The van der Waals surface area contributed by atoms with Crippen molar-refractivity contribution < 1.29 is 17.6 Å². The normalized spacial score (nSPS) is 18.1. The molecule has 3 heterocycles. The van der Waals surface area contributed by atoms with E-state index in [1.807, 2.05) is 4.90 Å². The fourth-order valence-corrected chi connectivity index (χ4v) is 3.03. The molecule has 0 aromatic carbocycles. The van der Waals surface area contributed by atoms with Gasteiger partial charge < -0.3 is 9.80 Å². The van der Waals surface area contributed by atoms with Crippen LogP contribution in [-0.2, 0) is 6.18 Å². The molecule has 1 aliphatic carbocycles. The van der Waals surface area contributed by atoms with Crippen LogP contribution < -0.4 is 15.4 Å². The molecule has 2 fully saturated rings. The van der Waals surface area contributed by atoms with Gasteiger partial charge >= 0.3 is 6.18 Å². The SMILES string of the molecule is O=c1[nH]c(N2CCN(c3ccc(C(F)(F)F)nn3)CC2)nc(C2CC2)c1F. The molecule has 4 rings (SSSR count). The molecule has 2 aromatic heterocycles. The van der Waals surface area contributed by atoms with Crippen LogP contribution in [0.3, 0.4) is 0 Å². The molecule has 1 saturated carbocycles. The van der Waals surface area contributed by atoms with E-state index in [4.69, 9.17) is 0 Å². The molecule has 0 unspecified atom stereocenters. The summed E-state index contributed by atoms with van der Waals surface area (Å²) in [6.07, 6.45) is -2.87. The first-order valence-electron chi connectivity index (χ1n) is 8.53. The number of rotatable bonds is 3. The summed E-state index contributed by atoms with van der Waals surface area (Å²) in [6.45, 7) is 1.84. The van der Waals surface area contributed by atoms with Gasteiger partial charge in [-0.25, -0.2) is 4.98 Å². The maximum absolute atomic E-state index is 13.9. The minimum atomic E-state index is -4.52. The van der Waals surface area contributed by atoms with Crippen molar-refractivity contribution in [3.05, 3.63) is 39.7 Å². The van der Waals surface area contributed by atoms with E-state index >= 15 is 0 Å². The van der Waals surface area contributed by atoms with E-state index in [9.17, 15) is 22.4 Å². The molecule has 0 bridgehead atoms. The Kier molecular flexibility index (Phi) is 4.23. The summed E-state index contributed by atoms with van der Waals surface area (Å²) in [6, 6.07) is 2.18. The number of aromatic amines is 1. The molecule has 0 radical (unpaired) electrons. The molecule has 1 aliphatic heterocycles. The highest BCUT2D eigenvalue weighted by atomic mass is 19.4. The van der Waals surface area contributed by atoms with E-state index in [0.29, 0.717) is 37.9 Å². The predicted octanol–water partition coefficient (Wildman–Crippen LogP) is 1.92. The predicted molar refractivity (Wildman–Crippen MR) is 88.3 cm³/mol. The summed E-state index contributed by atoms with van der Waals surface area (Å²) in [5, 5.41) is 6.88. The fourth-order valence-electron chi connectivity index (χ4n) is 3.03. The second kappa shape index (κ2) is 6.46. The maximum Gasteiger partial charge on any atom is 0.435 e. The van der Waals surface area contributed by atoms with Crippen molar-refractivity contribution in [1.29, 1.82) is 0 Å². The first-order valence-corrected chi connectivity index (χ1v) is 8.53. The van der Waals surface area contributed by atoms with Gasteiger partial charge in [-0.15, -0.1) is 10.2 Å². The van der Waals surface area contributed by atoms with Crippen molar-refractivity contribution >= 4 is 11.8 Å². The quantitative estimate of drug-likeness (QED) is 0.815. The van der Waals surface area contributed by atoms with Crippen molar-refractivity contribution in [2.24, 2.45) is 0 Å². The fraction of sp³-hybridized carbons (Fsp3) is 0.500. The van der Waals surface area contributed by atoms with Crippen molar-refractivity contribution in [3.63, 3.8) is 0 Å². The lowest BCUT2D eigenvalue weighted by Gasteiger charge is -2.35. The van der Waals surface area contributed by atoms with E-state index < -0.39 is 23.2 Å². The van der Waals surface area contributed by atoms with Crippen LogP contribution in [0.15, 0.2) is 16.9 Å². The number of hydrogen-bond acceptors (Lipinski definition) is 6. The van der Waals surface area contributed by atoms with Crippen molar-refractivity contribution in [2.75, 3.05) is 36.0 Å². The number of anilines is 2. The van der Waals surface area contributed by atoms with E-state index in [1.165, 1.54) is 6.07 Å². The average Bonchev–Trinajstić information content (AvgIpc) is 3.48. The Morgan fingerprint density at radius 1 is 1.04 bits per heavy atom. The van der Waals surface area contributed by atoms with Crippen LogP contribution in [0.2, 0.25) is 0 Å². The monoisotopic (exact) mass is 384 g/mol. The second-order valence-corrected chi connectivity index (χ2v) is 6.61. The zero-order valence-electron chi connectivity index (χ0n) is 14.1. The van der Waals surface area contributed by atoms with Gasteiger partial charge in [0.25, 0.3) is 5.56 Å². The Morgan fingerprint density at radius 3 is 2.26 bits per heavy atom. The van der Waals surface area contributed by atoms with Gasteiger partial charge in [-0.05, 0) is 25.0 Å². The molecule has 144 valence electrons. The third-order valence-corrected chi connectivity index (χ3v) is 4.68. The highest BCUT2D eigenvalue weighted by Crippen LogP contribution is 2.39. The highest BCUT2D eigenvalue weighted by Gasteiger charge is 2.34. The van der Waals surface area contributed by atoms with Gasteiger partial charge in [-0.3, -0.25) is 9.78 Å². The molecule has 11 heteroatoms. The molecule has 7 nitrogen and oxygen atoms in total. The van der Waals surface area contributed by atoms with Gasteiger partial charge in [-0.1, -0.05) is 0 Å². The first-order chi connectivity index (χ1) is 12.8. The van der Waals surface area contributed by atoms with E-state index in [-0.39, 0.29) is 11.6 Å². The van der Waals surface area contributed by atoms with Gasteiger partial charge in [0.2, 0.25) is 11.8 Å². The molecule has 1 N–H and O–H groups in total. The van der Waals surface area contributed by atoms with Gasteiger partial charge in [-0.2, -0.15) is 17.6 Å². The van der Waals surface area contributed by atoms with Crippen LogP contribution in [0.5, 0.6) is 0 Å². The number of hydrogen-bond donors (Lipinski definition) is 1. The van der Waals surface area contributed by atoms with Crippen molar-refractivity contribution in [3.8, 4) is 0 Å². The minimum Gasteiger partial charge on any atom is -0.352 e. The molecular formula is C16H16F4N6O. The van der Waals surface area contributed by atoms with E-state index in [0.717, 1.165) is 18.9 Å². The third kappa shape index (κ3) is 3.58. The number of nitrogens with one attached hydrogen (secondary N) is 1. The van der Waals surface area contributed by atoms with Crippen molar-refractivity contribution in [2.45, 2.75) is 24.9 Å². The Labute approximate surface area is 151 Å². The Morgan fingerprint density at radius 2 is 1.70 bits per heavy atom. The lowest BCUT2D eigenvalue weighted by molar-refractivity contribution is -0.141. The number of aromatic nitrogens is 4.